The van der Waals surface area contributed by atoms with Crippen molar-refractivity contribution in [1.29, 1.82) is 0 Å². The second kappa shape index (κ2) is 6.26. The molecular weight excluding hydrogens is 551 g/mol. The normalized spacial score (nSPS) is 14.2. The molecule has 0 saturated heterocycles. The first-order valence-electron chi connectivity index (χ1n) is 3.07. The van der Waals surface area contributed by atoms with Crippen molar-refractivity contribution in [3.05, 3.63) is 7.87 Å². The maximum Gasteiger partial charge on any atom is 0.126 e. The molecule has 0 bridgehead atoms. The molecule has 0 heterocycles. The van der Waals surface area contributed by atoms with E-state index in [-0.39, 0.29) is 3.23 Å². The van der Waals surface area contributed by atoms with Gasteiger partial charge in [0.2, 0.25) is 0 Å². The SMILES string of the molecule is CC[C@H](Br)C(Br)(Br)C(Br)=C(Br)Br. The van der Waals surface area contributed by atoms with Gasteiger partial charge in [0.05, 0.1) is 3.39 Å². The summed E-state index contributed by atoms with van der Waals surface area (Å²) in [7, 11) is 0. The van der Waals surface area contributed by atoms with Gasteiger partial charge >= 0.3 is 0 Å². The number of alkyl halides is 3. The summed E-state index contributed by atoms with van der Waals surface area (Å²) >= 11 is 20.9. The highest BCUT2D eigenvalue weighted by Crippen LogP contribution is 2.48. The first kappa shape index (κ1) is 14.6. The highest BCUT2D eigenvalue weighted by Gasteiger charge is 2.35. The fraction of sp³-hybridized carbons (Fsp3) is 0.667. The molecule has 0 aliphatic carbocycles. The van der Waals surface area contributed by atoms with Gasteiger partial charge in [0.15, 0.2) is 0 Å². The molecule has 72 valence electrons. The van der Waals surface area contributed by atoms with E-state index in [0.29, 0.717) is 4.83 Å². The standard InChI is InChI=1S/C6H6Br6/c1-2-3(7)6(11,12)4(8)5(9)10/h3H,2H2,1H3/t3-/m0/s1. The molecule has 0 saturated carbocycles. The highest BCUT2D eigenvalue weighted by atomic mass is 79.9. The van der Waals surface area contributed by atoms with Crippen molar-refractivity contribution in [3.63, 3.8) is 0 Å². The van der Waals surface area contributed by atoms with E-state index in [1.54, 1.807) is 0 Å². The number of hydrogen-bond acceptors (Lipinski definition) is 0. The van der Waals surface area contributed by atoms with Gasteiger partial charge in [-0.2, -0.15) is 0 Å². The summed E-state index contributed by atoms with van der Waals surface area (Å²) < 4.78 is 1.61. The summed E-state index contributed by atoms with van der Waals surface area (Å²) in [6.07, 6.45) is 1.01. The molecule has 0 aromatic heterocycles. The maximum atomic E-state index is 3.58. The third-order valence-electron chi connectivity index (χ3n) is 1.21. The molecule has 0 aromatic rings. The molecule has 0 unspecified atom stereocenters. The first-order chi connectivity index (χ1) is 5.34. The van der Waals surface area contributed by atoms with Crippen molar-refractivity contribution in [1.82, 2.24) is 0 Å². The molecule has 0 radical (unpaired) electrons. The monoisotopic (exact) mass is 552 g/mol. The van der Waals surface area contributed by atoms with Crippen LogP contribution < -0.4 is 0 Å². The van der Waals surface area contributed by atoms with Crippen LogP contribution in [-0.2, 0) is 0 Å². The van der Waals surface area contributed by atoms with Crippen LogP contribution in [0.2, 0.25) is 0 Å². The zero-order valence-corrected chi connectivity index (χ0v) is 15.6. The minimum Gasteiger partial charge on any atom is -0.0862 e. The van der Waals surface area contributed by atoms with Crippen LogP contribution in [0.15, 0.2) is 7.87 Å². The Kier molecular flexibility index (Phi) is 7.62. The third-order valence-corrected chi connectivity index (χ3v) is 9.61. The van der Waals surface area contributed by atoms with Crippen LogP contribution in [0, 0.1) is 0 Å². The lowest BCUT2D eigenvalue weighted by Crippen LogP contribution is -2.24. The smallest absolute Gasteiger partial charge is 0.0862 e. The predicted molar refractivity (Wildman–Crippen MR) is 77.4 cm³/mol. The molecule has 0 spiro atoms. The van der Waals surface area contributed by atoms with E-state index in [4.69, 9.17) is 0 Å². The van der Waals surface area contributed by atoms with E-state index in [0.717, 1.165) is 14.3 Å². The Morgan fingerprint density at radius 1 is 1.25 bits per heavy atom. The van der Waals surface area contributed by atoms with E-state index >= 15 is 0 Å². The van der Waals surface area contributed by atoms with Crippen LogP contribution in [0.25, 0.3) is 0 Å². The topological polar surface area (TPSA) is 0 Å². The van der Waals surface area contributed by atoms with Gasteiger partial charge in [-0.3, -0.25) is 0 Å². The van der Waals surface area contributed by atoms with Crippen molar-refractivity contribution in [2.45, 2.75) is 21.4 Å². The molecule has 0 aliphatic heterocycles. The molecule has 1 atom stereocenters. The summed E-state index contributed by atoms with van der Waals surface area (Å²) in [5.74, 6) is 0. The van der Waals surface area contributed by atoms with E-state index in [1.807, 2.05) is 0 Å². The summed E-state index contributed by atoms with van der Waals surface area (Å²) in [5.41, 5.74) is 0. The third kappa shape index (κ3) is 4.01. The fourth-order valence-electron chi connectivity index (χ4n) is 0.520. The van der Waals surface area contributed by atoms with E-state index in [9.17, 15) is 0 Å². The lowest BCUT2D eigenvalue weighted by atomic mass is 10.2. The quantitative estimate of drug-likeness (QED) is 0.374. The minimum absolute atomic E-state index is 0.267. The number of rotatable bonds is 3. The molecule has 6 heteroatoms. The Balaban J connectivity index is 4.73. The average molecular weight is 558 g/mol. The van der Waals surface area contributed by atoms with Crippen molar-refractivity contribution >= 4 is 95.6 Å². The molecule has 0 aliphatic rings. The van der Waals surface area contributed by atoms with Gasteiger partial charge in [0.25, 0.3) is 0 Å². The summed E-state index contributed by atoms with van der Waals surface area (Å²) in [6, 6.07) is 0. The van der Waals surface area contributed by atoms with Crippen molar-refractivity contribution in [3.8, 4) is 0 Å². The van der Waals surface area contributed by atoms with Gasteiger partial charge in [0, 0.05) is 9.31 Å². The van der Waals surface area contributed by atoms with Crippen molar-refractivity contribution < 1.29 is 0 Å². The molecule has 0 rings (SSSR count). The first-order valence-corrected chi connectivity index (χ1v) is 7.95. The van der Waals surface area contributed by atoms with Crippen molar-refractivity contribution in [2.24, 2.45) is 0 Å². The predicted octanol–water partition coefficient (Wildman–Crippen LogP) is 6.00. The van der Waals surface area contributed by atoms with Gasteiger partial charge in [0.1, 0.15) is 3.23 Å². The van der Waals surface area contributed by atoms with Gasteiger partial charge in [-0.05, 0) is 38.3 Å². The van der Waals surface area contributed by atoms with Gasteiger partial charge < -0.3 is 0 Å². The largest absolute Gasteiger partial charge is 0.126 e. The molecule has 0 amide bonds. The van der Waals surface area contributed by atoms with Crippen LogP contribution >= 0.6 is 95.6 Å². The Morgan fingerprint density at radius 3 is 1.92 bits per heavy atom. The number of allylic oxidation sites excluding steroid dienone is 1. The summed E-state index contributed by atoms with van der Waals surface area (Å²) in [5, 5.41) is 0. The number of halogens is 6. The lowest BCUT2D eigenvalue weighted by Gasteiger charge is -2.25. The van der Waals surface area contributed by atoms with Crippen molar-refractivity contribution in [2.75, 3.05) is 0 Å². The van der Waals surface area contributed by atoms with Gasteiger partial charge in [-0.15, -0.1) is 0 Å². The summed E-state index contributed by atoms with van der Waals surface area (Å²) in [6.45, 7) is 2.11. The Hall–Kier alpha value is 2.62. The minimum atomic E-state index is -0.267. The van der Waals surface area contributed by atoms with Crippen LogP contribution in [0.4, 0.5) is 0 Å². The van der Waals surface area contributed by atoms with Crippen LogP contribution in [0.3, 0.4) is 0 Å². The Morgan fingerprint density at radius 2 is 1.67 bits per heavy atom. The Bertz CT molecular complexity index is 180. The molecule has 12 heavy (non-hydrogen) atoms. The fourth-order valence-corrected chi connectivity index (χ4v) is 4.07. The molecule has 0 N–H and O–H groups in total. The second-order valence-electron chi connectivity index (χ2n) is 2.07. The second-order valence-corrected chi connectivity index (χ2v) is 10.2. The van der Waals surface area contributed by atoms with E-state index in [2.05, 4.69) is 103 Å². The van der Waals surface area contributed by atoms with Crippen LogP contribution in [0.5, 0.6) is 0 Å². The van der Waals surface area contributed by atoms with Crippen LogP contribution in [0.1, 0.15) is 13.3 Å². The van der Waals surface area contributed by atoms with Gasteiger partial charge in [-0.1, -0.05) is 70.6 Å². The van der Waals surface area contributed by atoms with E-state index in [1.165, 1.54) is 0 Å². The zero-order chi connectivity index (χ0) is 9.94. The Labute approximate surface area is 123 Å². The highest BCUT2D eigenvalue weighted by molar-refractivity contribution is 9.30. The molecular formula is C6H6Br6. The molecule has 0 nitrogen and oxygen atoms in total. The average Bonchev–Trinajstić information content (AvgIpc) is 2.01. The zero-order valence-electron chi connectivity index (χ0n) is 6.05. The maximum absolute atomic E-state index is 3.58. The summed E-state index contributed by atoms with van der Waals surface area (Å²) in [4.78, 5) is 0.310. The van der Waals surface area contributed by atoms with Crippen LogP contribution in [-0.4, -0.2) is 8.06 Å². The molecule has 0 fully saturated rings. The number of hydrogen-bond donors (Lipinski definition) is 0. The lowest BCUT2D eigenvalue weighted by molar-refractivity contribution is 0.842. The van der Waals surface area contributed by atoms with E-state index < -0.39 is 0 Å². The van der Waals surface area contributed by atoms with Gasteiger partial charge in [-0.25, -0.2) is 0 Å². The molecule has 0 aromatic carbocycles.